The molecule has 9 nitrogen and oxygen atoms in total. The Hall–Kier alpha value is -3.69. The molecule has 0 spiro atoms. The molecular weight excluding hydrogens is 466 g/mol. The van der Waals surface area contributed by atoms with Gasteiger partial charge in [-0.05, 0) is 50.1 Å². The molecule has 3 N–H and O–H groups in total. The molecule has 180 valence electrons. The first-order chi connectivity index (χ1) is 16.9. The molecule has 0 saturated carbocycles. The molecule has 35 heavy (non-hydrogen) atoms. The molecule has 0 bridgehead atoms. The molecule has 1 aromatic carbocycles. The number of aromatic nitrogens is 4. The van der Waals surface area contributed by atoms with E-state index in [1.165, 1.54) is 0 Å². The van der Waals surface area contributed by atoms with Crippen LogP contribution in [-0.4, -0.2) is 50.8 Å². The smallest absolute Gasteiger partial charge is 0.229 e. The van der Waals surface area contributed by atoms with Crippen molar-refractivity contribution in [1.29, 1.82) is 0 Å². The average Bonchev–Trinajstić information content (AvgIpc) is 2.84. The quantitative estimate of drug-likeness (QED) is 0.346. The van der Waals surface area contributed by atoms with Crippen LogP contribution in [0.15, 0.2) is 55.0 Å². The summed E-state index contributed by atoms with van der Waals surface area (Å²) in [7, 11) is 1.61. The number of benzene rings is 1. The van der Waals surface area contributed by atoms with Gasteiger partial charge in [0.2, 0.25) is 5.95 Å². The molecule has 1 aliphatic heterocycles. The van der Waals surface area contributed by atoms with Crippen molar-refractivity contribution in [2.24, 2.45) is 0 Å². The third kappa shape index (κ3) is 5.36. The second kappa shape index (κ2) is 9.52. The molecule has 10 heteroatoms. The summed E-state index contributed by atoms with van der Waals surface area (Å²) in [4.78, 5) is 20.1. The lowest BCUT2D eigenvalue weighted by molar-refractivity contribution is 0.0350. The van der Waals surface area contributed by atoms with Crippen molar-refractivity contribution >= 4 is 51.5 Å². The minimum Gasteiger partial charge on any atom is -0.494 e. The predicted molar refractivity (Wildman–Crippen MR) is 138 cm³/mol. The topological polar surface area (TPSA) is 108 Å². The highest BCUT2D eigenvalue weighted by atomic mass is 35.5. The van der Waals surface area contributed by atoms with Gasteiger partial charge in [0.25, 0.3) is 0 Å². The van der Waals surface area contributed by atoms with Crippen LogP contribution in [0.4, 0.5) is 29.0 Å². The van der Waals surface area contributed by atoms with Gasteiger partial charge < -0.3 is 25.4 Å². The number of nitrogens with zero attached hydrogens (tertiary/aromatic N) is 5. The number of aliphatic hydroxyl groups is 1. The van der Waals surface area contributed by atoms with Crippen LogP contribution >= 0.6 is 11.6 Å². The molecule has 1 fully saturated rings. The Kier molecular flexibility index (Phi) is 6.27. The Bertz CT molecular complexity index is 1350. The lowest BCUT2D eigenvalue weighted by Gasteiger charge is -2.36. The van der Waals surface area contributed by atoms with Crippen molar-refractivity contribution in [2.45, 2.75) is 25.4 Å². The number of fused-ring (bicyclic) bond motifs is 1. The van der Waals surface area contributed by atoms with Crippen molar-refractivity contribution < 1.29 is 9.84 Å². The van der Waals surface area contributed by atoms with Crippen LogP contribution in [0, 0.1) is 0 Å². The van der Waals surface area contributed by atoms with Gasteiger partial charge in [-0.3, -0.25) is 4.98 Å². The Morgan fingerprint density at radius 2 is 1.86 bits per heavy atom. The molecular formula is C25H26ClN7O2. The minimum atomic E-state index is -0.617. The van der Waals surface area contributed by atoms with E-state index in [0.717, 1.165) is 35.5 Å². The number of piperidine rings is 1. The van der Waals surface area contributed by atoms with Gasteiger partial charge in [-0.1, -0.05) is 11.6 Å². The first kappa shape index (κ1) is 23.1. The molecule has 0 unspecified atom stereocenters. The van der Waals surface area contributed by atoms with E-state index < -0.39 is 5.60 Å². The molecule has 4 heterocycles. The Morgan fingerprint density at radius 1 is 1.03 bits per heavy atom. The fourth-order valence-electron chi connectivity index (χ4n) is 4.01. The van der Waals surface area contributed by atoms with Crippen LogP contribution in [0.2, 0.25) is 5.02 Å². The molecule has 1 aliphatic rings. The zero-order chi connectivity index (χ0) is 24.4. The van der Waals surface area contributed by atoms with E-state index in [9.17, 15) is 5.11 Å². The lowest BCUT2D eigenvalue weighted by atomic mass is 9.94. The van der Waals surface area contributed by atoms with E-state index in [1.54, 1.807) is 31.8 Å². The highest BCUT2D eigenvalue weighted by Gasteiger charge is 2.28. The van der Waals surface area contributed by atoms with Crippen molar-refractivity contribution in [3.8, 4) is 5.75 Å². The summed E-state index contributed by atoms with van der Waals surface area (Å²) in [6.07, 6.45) is 6.52. The first-order valence-corrected chi connectivity index (χ1v) is 11.7. The highest BCUT2D eigenvalue weighted by Crippen LogP contribution is 2.32. The standard InChI is InChI=1S/C25H26ClN7O2/c1-25(34)6-9-33(10-7-25)23-13-21(35-2)20(15-29-23)31-24-27-8-5-22(32-24)30-18-12-16-11-17(26)3-4-19(16)28-14-18/h3-5,8,11-15,34H,6-7,9-10H2,1-2H3,(H2,27,30,31,32). The van der Waals surface area contributed by atoms with Gasteiger partial charge in [0.15, 0.2) is 0 Å². The summed E-state index contributed by atoms with van der Waals surface area (Å²) in [5.74, 6) is 2.44. The number of hydrogen-bond donors (Lipinski definition) is 3. The van der Waals surface area contributed by atoms with Gasteiger partial charge in [0.05, 0.1) is 36.3 Å². The van der Waals surface area contributed by atoms with Gasteiger partial charge in [-0.25, -0.2) is 9.97 Å². The van der Waals surface area contributed by atoms with E-state index in [4.69, 9.17) is 16.3 Å². The number of pyridine rings is 2. The van der Waals surface area contributed by atoms with Crippen LogP contribution in [-0.2, 0) is 0 Å². The fraction of sp³-hybridized carbons (Fsp3) is 0.280. The maximum absolute atomic E-state index is 10.2. The molecule has 4 aromatic rings. The van der Waals surface area contributed by atoms with E-state index in [2.05, 4.69) is 35.5 Å². The van der Waals surface area contributed by atoms with Crippen molar-refractivity contribution in [1.82, 2.24) is 19.9 Å². The number of anilines is 5. The molecule has 1 saturated heterocycles. The summed E-state index contributed by atoms with van der Waals surface area (Å²) in [5.41, 5.74) is 1.69. The van der Waals surface area contributed by atoms with Crippen LogP contribution < -0.4 is 20.3 Å². The summed E-state index contributed by atoms with van der Waals surface area (Å²) in [6.45, 7) is 3.35. The monoisotopic (exact) mass is 491 g/mol. The van der Waals surface area contributed by atoms with Crippen molar-refractivity contribution in [3.63, 3.8) is 0 Å². The van der Waals surface area contributed by atoms with Crippen molar-refractivity contribution in [2.75, 3.05) is 35.7 Å². The van der Waals surface area contributed by atoms with E-state index in [0.29, 0.717) is 41.1 Å². The van der Waals surface area contributed by atoms with Gasteiger partial charge in [0.1, 0.15) is 23.1 Å². The zero-order valence-electron chi connectivity index (χ0n) is 19.5. The average molecular weight is 492 g/mol. The first-order valence-electron chi connectivity index (χ1n) is 11.3. The Labute approximate surface area is 208 Å². The number of ether oxygens (including phenoxy) is 1. The van der Waals surface area contributed by atoms with E-state index >= 15 is 0 Å². The minimum absolute atomic E-state index is 0.397. The third-order valence-electron chi connectivity index (χ3n) is 6.05. The Balaban J connectivity index is 1.32. The number of methoxy groups -OCH3 is 1. The van der Waals surface area contributed by atoms with Gasteiger partial charge >= 0.3 is 0 Å². The number of rotatable bonds is 6. The normalized spacial score (nSPS) is 15.1. The maximum atomic E-state index is 10.2. The largest absolute Gasteiger partial charge is 0.494 e. The fourth-order valence-corrected chi connectivity index (χ4v) is 4.19. The summed E-state index contributed by atoms with van der Waals surface area (Å²) >= 11 is 6.11. The highest BCUT2D eigenvalue weighted by molar-refractivity contribution is 6.31. The van der Waals surface area contributed by atoms with Crippen LogP contribution in [0.3, 0.4) is 0 Å². The van der Waals surface area contributed by atoms with Gasteiger partial charge in [0, 0.05) is 35.8 Å². The third-order valence-corrected chi connectivity index (χ3v) is 6.29. The summed E-state index contributed by atoms with van der Waals surface area (Å²) in [6, 6.07) is 11.2. The van der Waals surface area contributed by atoms with E-state index in [-0.39, 0.29) is 0 Å². The predicted octanol–water partition coefficient (Wildman–Crippen LogP) is 4.92. The van der Waals surface area contributed by atoms with Crippen molar-refractivity contribution in [3.05, 3.63) is 60.0 Å². The molecule has 0 aliphatic carbocycles. The second-order valence-corrected chi connectivity index (χ2v) is 9.24. The molecule has 5 rings (SSSR count). The molecule has 0 atom stereocenters. The molecule has 0 radical (unpaired) electrons. The summed E-state index contributed by atoms with van der Waals surface area (Å²) in [5, 5.41) is 18.3. The van der Waals surface area contributed by atoms with Gasteiger partial charge in [-0.15, -0.1) is 0 Å². The molecule has 0 amide bonds. The molecule has 3 aromatic heterocycles. The Morgan fingerprint density at radius 3 is 2.66 bits per heavy atom. The van der Waals surface area contributed by atoms with Crippen LogP contribution in [0.1, 0.15) is 19.8 Å². The maximum Gasteiger partial charge on any atom is 0.229 e. The van der Waals surface area contributed by atoms with Crippen LogP contribution in [0.5, 0.6) is 5.75 Å². The number of halogens is 1. The van der Waals surface area contributed by atoms with Gasteiger partial charge in [-0.2, -0.15) is 4.98 Å². The van der Waals surface area contributed by atoms with Crippen LogP contribution in [0.25, 0.3) is 10.9 Å². The zero-order valence-corrected chi connectivity index (χ0v) is 20.3. The number of nitrogens with one attached hydrogen (secondary N) is 2. The second-order valence-electron chi connectivity index (χ2n) is 8.80. The number of hydrogen-bond acceptors (Lipinski definition) is 9. The van der Waals surface area contributed by atoms with E-state index in [1.807, 2.05) is 37.3 Å². The lowest BCUT2D eigenvalue weighted by Crippen LogP contribution is -2.42. The SMILES string of the molecule is COc1cc(N2CCC(C)(O)CC2)ncc1Nc1nccc(Nc2cnc3ccc(Cl)cc3c2)n1. The summed E-state index contributed by atoms with van der Waals surface area (Å²) < 4.78 is 5.60.